The molecule has 124 valence electrons. The second kappa shape index (κ2) is 6.52. The predicted octanol–water partition coefficient (Wildman–Crippen LogP) is 0.743. The third-order valence-corrected chi connectivity index (χ3v) is 5.39. The third kappa shape index (κ3) is 4.57. The van der Waals surface area contributed by atoms with Crippen LogP contribution >= 0.6 is 0 Å². The van der Waals surface area contributed by atoms with E-state index in [0.29, 0.717) is 13.2 Å². The second-order valence-corrected chi connectivity index (χ2v) is 9.01. The van der Waals surface area contributed by atoms with Crippen molar-refractivity contribution in [2.24, 2.45) is 10.4 Å². The van der Waals surface area contributed by atoms with Crippen LogP contribution in [-0.2, 0) is 14.6 Å². The first kappa shape index (κ1) is 18.2. The summed E-state index contributed by atoms with van der Waals surface area (Å²) in [4.78, 5) is 6.56. The maximum Gasteiger partial charge on any atom is 0.194 e. The van der Waals surface area contributed by atoms with Crippen molar-refractivity contribution in [3.63, 3.8) is 0 Å². The van der Waals surface area contributed by atoms with E-state index in [9.17, 15) is 8.42 Å². The Hall–Kier alpha value is -0.820. The second-order valence-electron chi connectivity index (χ2n) is 6.75. The number of nitrogens with one attached hydrogen (secondary N) is 1. The molecule has 0 saturated carbocycles. The minimum atomic E-state index is -2.95. The maximum atomic E-state index is 11.0. The summed E-state index contributed by atoms with van der Waals surface area (Å²) in [6.45, 7) is 11.2. The van der Waals surface area contributed by atoms with Crippen molar-refractivity contribution < 1.29 is 13.2 Å². The lowest BCUT2D eigenvalue weighted by atomic mass is 9.65. The van der Waals surface area contributed by atoms with Crippen LogP contribution in [0.1, 0.15) is 27.7 Å². The molecule has 1 fully saturated rings. The van der Waals surface area contributed by atoms with Crippen molar-refractivity contribution in [2.45, 2.75) is 33.2 Å². The van der Waals surface area contributed by atoms with Crippen LogP contribution in [0.25, 0.3) is 0 Å². The molecule has 0 aliphatic carbocycles. The molecule has 1 aliphatic rings. The van der Waals surface area contributed by atoms with Gasteiger partial charge < -0.3 is 15.0 Å². The molecule has 7 heteroatoms. The minimum Gasteiger partial charge on any atom is -0.379 e. The third-order valence-electron chi connectivity index (χ3n) is 4.48. The van der Waals surface area contributed by atoms with Gasteiger partial charge in [0.15, 0.2) is 5.96 Å². The number of ether oxygens (including phenoxy) is 1. The zero-order valence-corrected chi connectivity index (χ0v) is 14.9. The first-order valence-corrected chi connectivity index (χ1v) is 9.31. The molecule has 0 amide bonds. The Morgan fingerprint density at radius 2 is 1.90 bits per heavy atom. The number of sulfone groups is 1. The van der Waals surface area contributed by atoms with Crippen LogP contribution < -0.4 is 5.32 Å². The van der Waals surface area contributed by atoms with Gasteiger partial charge in [-0.1, -0.05) is 13.8 Å². The fourth-order valence-electron chi connectivity index (χ4n) is 2.24. The van der Waals surface area contributed by atoms with Gasteiger partial charge in [0.1, 0.15) is 9.84 Å². The highest BCUT2D eigenvalue weighted by Crippen LogP contribution is 2.46. The Bertz CT molecular complexity index is 484. The number of aliphatic imine (C=N–C) groups is 1. The number of guanidine groups is 1. The van der Waals surface area contributed by atoms with Gasteiger partial charge in [-0.05, 0) is 13.8 Å². The van der Waals surface area contributed by atoms with Gasteiger partial charge in [0.2, 0.25) is 0 Å². The molecule has 1 saturated heterocycles. The summed E-state index contributed by atoms with van der Waals surface area (Å²) >= 11 is 0. The Kier molecular flexibility index (Phi) is 5.66. The van der Waals surface area contributed by atoms with Gasteiger partial charge >= 0.3 is 0 Å². The molecule has 0 radical (unpaired) electrons. The first-order chi connectivity index (χ1) is 9.51. The highest BCUT2D eigenvalue weighted by molar-refractivity contribution is 7.90. The Balaban J connectivity index is 2.31. The van der Waals surface area contributed by atoms with Crippen molar-refractivity contribution in [3.8, 4) is 0 Å². The van der Waals surface area contributed by atoms with Gasteiger partial charge in [0.05, 0.1) is 19.0 Å². The van der Waals surface area contributed by atoms with Gasteiger partial charge in [-0.25, -0.2) is 8.42 Å². The van der Waals surface area contributed by atoms with E-state index in [1.165, 1.54) is 6.26 Å². The van der Waals surface area contributed by atoms with Gasteiger partial charge in [-0.15, -0.1) is 0 Å². The highest BCUT2D eigenvalue weighted by atomic mass is 32.2. The monoisotopic (exact) mass is 319 g/mol. The van der Waals surface area contributed by atoms with Gasteiger partial charge in [0, 0.05) is 37.3 Å². The van der Waals surface area contributed by atoms with Gasteiger partial charge in [0.25, 0.3) is 0 Å². The van der Waals surface area contributed by atoms with Crippen LogP contribution in [0.4, 0.5) is 0 Å². The molecule has 0 bridgehead atoms. The predicted molar refractivity (Wildman–Crippen MR) is 86.5 cm³/mol. The molecule has 1 heterocycles. The molecular formula is C14H29N3O3S. The number of rotatable bonds is 6. The fraction of sp³-hybridized carbons (Fsp3) is 0.929. The highest BCUT2D eigenvalue weighted by Gasteiger charge is 2.53. The van der Waals surface area contributed by atoms with E-state index in [0.717, 1.165) is 12.5 Å². The maximum absolute atomic E-state index is 11.0. The van der Waals surface area contributed by atoms with E-state index in [1.54, 1.807) is 7.05 Å². The average Bonchev–Trinajstić information content (AvgIpc) is 2.34. The van der Waals surface area contributed by atoms with E-state index in [-0.39, 0.29) is 23.3 Å². The quantitative estimate of drug-likeness (QED) is 0.444. The van der Waals surface area contributed by atoms with Crippen molar-refractivity contribution in [1.82, 2.24) is 10.2 Å². The van der Waals surface area contributed by atoms with Crippen molar-refractivity contribution in [1.29, 1.82) is 0 Å². The van der Waals surface area contributed by atoms with Crippen molar-refractivity contribution in [2.75, 3.05) is 45.4 Å². The van der Waals surface area contributed by atoms with Gasteiger partial charge in [-0.2, -0.15) is 0 Å². The van der Waals surface area contributed by atoms with E-state index in [1.807, 2.05) is 0 Å². The fourth-order valence-corrected chi connectivity index (χ4v) is 2.66. The molecule has 0 aromatic carbocycles. The molecule has 6 nitrogen and oxygen atoms in total. The number of likely N-dealkylation sites (tertiary alicyclic amines) is 1. The van der Waals surface area contributed by atoms with Gasteiger partial charge in [-0.3, -0.25) is 4.99 Å². The molecule has 1 aliphatic heterocycles. The summed E-state index contributed by atoms with van der Waals surface area (Å²) in [7, 11) is -1.17. The van der Waals surface area contributed by atoms with Crippen LogP contribution in [0.15, 0.2) is 4.99 Å². The lowest BCUT2D eigenvalue weighted by Gasteiger charge is -2.62. The normalized spacial score (nSPS) is 21.0. The number of nitrogens with zero attached hydrogens (tertiary/aromatic N) is 2. The molecule has 0 aromatic rings. The zero-order valence-electron chi connectivity index (χ0n) is 14.1. The number of hydrogen-bond acceptors (Lipinski definition) is 4. The molecule has 0 aromatic heterocycles. The van der Waals surface area contributed by atoms with Crippen LogP contribution in [0.5, 0.6) is 0 Å². The molecule has 1 rings (SSSR count). The van der Waals surface area contributed by atoms with E-state index < -0.39 is 9.84 Å². The SMILES string of the molecule is CN=C(NCCOCCS(C)(=O)=O)N1CC(C)(C)C1(C)C. The summed E-state index contributed by atoms with van der Waals surface area (Å²) < 4.78 is 27.2. The topological polar surface area (TPSA) is 71.0 Å². The largest absolute Gasteiger partial charge is 0.379 e. The standard InChI is InChI=1S/C14H29N3O3S/c1-13(2)11-17(14(13,3)4)12(15-5)16-7-8-20-9-10-21(6,18)19/h7-11H2,1-6H3,(H,15,16). The molecule has 1 N–H and O–H groups in total. The van der Waals surface area contributed by atoms with E-state index >= 15 is 0 Å². The van der Waals surface area contributed by atoms with Crippen molar-refractivity contribution >= 4 is 15.8 Å². The molecule has 0 atom stereocenters. The van der Waals surface area contributed by atoms with Crippen LogP contribution in [-0.4, -0.2) is 70.2 Å². The van der Waals surface area contributed by atoms with Crippen LogP contribution in [0, 0.1) is 5.41 Å². The Labute approximate surface area is 128 Å². The van der Waals surface area contributed by atoms with Crippen LogP contribution in [0.2, 0.25) is 0 Å². The summed E-state index contributed by atoms with van der Waals surface area (Å²) in [5.41, 5.74) is 0.322. The Morgan fingerprint density at radius 1 is 1.29 bits per heavy atom. The molecular weight excluding hydrogens is 290 g/mol. The summed E-state index contributed by atoms with van der Waals surface area (Å²) in [5, 5.41) is 3.26. The van der Waals surface area contributed by atoms with Crippen LogP contribution in [0.3, 0.4) is 0 Å². The minimum absolute atomic E-state index is 0.0615. The first-order valence-electron chi connectivity index (χ1n) is 7.25. The van der Waals surface area contributed by atoms with E-state index in [2.05, 4.69) is 42.9 Å². The zero-order chi connectivity index (χ0) is 16.3. The molecule has 0 unspecified atom stereocenters. The lowest BCUT2D eigenvalue weighted by molar-refractivity contribution is -0.0668. The smallest absolute Gasteiger partial charge is 0.194 e. The summed E-state index contributed by atoms with van der Waals surface area (Å²) in [5.74, 6) is 0.931. The lowest BCUT2D eigenvalue weighted by Crippen LogP contribution is -2.72. The van der Waals surface area contributed by atoms with Crippen molar-refractivity contribution in [3.05, 3.63) is 0 Å². The average molecular weight is 319 g/mol. The molecule has 0 spiro atoms. The molecule has 21 heavy (non-hydrogen) atoms. The van der Waals surface area contributed by atoms with E-state index in [4.69, 9.17) is 4.74 Å². The summed E-state index contributed by atoms with van der Waals surface area (Å²) in [6.07, 6.45) is 1.21. The summed E-state index contributed by atoms with van der Waals surface area (Å²) in [6, 6.07) is 0. The number of hydrogen-bond donors (Lipinski definition) is 1. The Morgan fingerprint density at radius 3 is 2.33 bits per heavy atom.